The van der Waals surface area contributed by atoms with Gasteiger partial charge in [0, 0.05) is 11.8 Å². The molecule has 5 nitrogen and oxygen atoms in total. The molecule has 0 amide bonds. The molecule has 2 aromatic rings. The van der Waals surface area contributed by atoms with Gasteiger partial charge < -0.3 is 10.2 Å². The van der Waals surface area contributed by atoms with Gasteiger partial charge in [0.1, 0.15) is 5.75 Å². The minimum Gasteiger partial charge on any atom is -0.508 e. The van der Waals surface area contributed by atoms with Crippen molar-refractivity contribution >= 4 is 5.97 Å². The number of carboxylic acids is 1. The lowest BCUT2D eigenvalue weighted by molar-refractivity contribution is -0.138. The summed E-state index contributed by atoms with van der Waals surface area (Å²) in [6.45, 7) is 2.49. The van der Waals surface area contributed by atoms with Gasteiger partial charge in [0.25, 0.3) is 0 Å². The fourth-order valence-electron chi connectivity index (χ4n) is 2.56. The number of benzene rings is 1. The van der Waals surface area contributed by atoms with Gasteiger partial charge in [-0.15, -0.1) is 0 Å². The Balaban J connectivity index is 2.49. The fourth-order valence-corrected chi connectivity index (χ4v) is 2.56. The summed E-state index contributed by atoms with van der Waals surface area (Å²) >= 11 is 0. The first kappa shape index (κ1) is 16.0. The first-order chi connectivity index (χ1) is 10.6. The van der Waals surface area contributed by atoms with E-state index >= 15 is 0 Å². The molecule has 0 aliphatic rings. The highest BCUT2D eigenvalue weighted by Crippen LogP contribution is 2.33. The molecule has 1 aromatic carbocycles. The molecular weight excluding hydrogens is 280 g/mol. The van der Waals surface area contributed by atoms with Crippen LogP contribution in [-0.2, 0) is 4.79 Å². The smallest absolute Gasteiger partial charge is 0.317 e. The highest BCUT2D eigenvalue weighted by molar-refractivity contribution is 5.69. The van der Waals surface area contributed by atoms with Gasteiger partial charge in [0.15, 0.2) is 0 Å². The van der Waals surface area contributed by atoms with E-state index in [-0.39, 0.29) is 12.3 Å². The molecule has 0 spiro atoms. The Morgan fingerprint density at radius 3 is 2.55 bits per heavy atom. The van der Waals surface area contributed by atoms with Crippen LogP contribution >= 0.6 is 0 Å². The average Bonchev–Trinajstić information content (AvgIpc) is 2.50. The number of phenols is 1. The van der Waals surface area contributed by atoms with Crippen LogP contribution in [-0.4, -0.2) is 39.2 Å². The number of hydrogen-bond acceptors (Lipinski definition) is 4. The van der Waals surface area contributed by atoms with Crippen LogP contribution in [0.5, 0.6) is 5.75 Å². The van der Waals surface area contributed by atoms with Crippen LogP contribution in [0.2, 0.25) is 0 Å². The van der Waals surface area contributed by atoms with Gasteiger partial charge in [-0.05, 0) is 31.2 Å². The summed E-state index contributed by atoms with van der Waals surface area (Å²) in [4.78, 5) is 17.4. The number of pyridine rings is 1. The zero-order valence-electron chi connectivity index (χ0n) is 12.5. The van der Waals surface area contributed by atoms with Crippen molar-refractivity contribution in [3.63, 3.8) is 0 Å². The Labute approximate surface area is 129 Å². The minimum absolute atomic E-state index is 0.108. The Hall–Kier alpha value is -2.40. The number of carbonyl (C=O) groups is 1. The Kier molecular flexibility index (Phi) is 5.49. The second-order valence-corrected chi connectivity index (χ2v) is 5.08. The third kappa shape index (κ3) is 3.83. The summed E-state index contributed by atoms with van der Waals surface area (Å²) < 4.78 is 0. The SMILES string of the molecule is CCCN(CC(=O)O)[C@H](c1ccccn1)c1ccccc1O. The molecule has 22 heavy (non-hydrogen) atoms. The van der Waals surface area contributed by atoms with E-state index < -0.39 is 12.0 Å². The first-order valence-corrected chi connectivity index (χ1v) is 7.28. The molecule has 0 radical (unpaired) electrons. The van der Waals surface area contributed by atoms with Crippen LogP contribution in [0.1, 0.15) is 30.6 Å². The number of phenolic OH excluding ortho intramolecular Hbond substituents is 1. The second-order valence-electron chi connectivity index (χ2n) is 5.08. The summed E-state index contributed by atoms with van der Waals surface area (Å²) in [7, 11) is 0. The van der Waals surface area contributed by atoms with Crippen molar-refractivity contribution in [1.82, 2.24) is 9.88 Å². The summed E-state index contributed by atoms with van der Waals surface area (Å²) in [6, 6.07) is 12.1. The predicted molar refractivity (Wildman–Crippen MR) is 83.7 cm³/mol. The molecular formula is C17H20N2O3. The molecule has 0 saturated heterocycles. The van der Waals surface area contributed by atoms with Crippen LogP contribution in [0.25, 0.3) is 0 Å². The van der Waals surface area contributed by atoms with E-state index in [9.17, 15) is 15.0 Å². The van der Waals surface area contributed by atoms with Crippen LogP contribution in [0, 0.1) is 0 Å². The van der Waals surface area contributed by atoms with E-state index in [2.05, 4.69) is 4.98 Å². The molecule has 0 fully saturated rings. The number of para-hydroxylation sites is 1. The largest absolute Gasteiger partial charge is 0.508 e. The number of aromatic hydroxyl groups is 1. The van der Waals surface area contributed by atoms with Gasteiger partial charge in [-0.2, -0.15) is 0 Å². The number of carboxylic acid groups (broad SMARTS) is 1. The third-order valence-corrected chi connectivity index (χ3v) is 3.41. The van der Waals surface area contributed by atoms with Gasteiger partial charge >= 0.3 is 5.97 Å². The van der Waals surface area contributed by atoms with Gasteiger partial charge in [0.05, 0.1) is 18.3 Å². The Bertz CT molecular complexity index is 616. The highest BCUT2D eigenvalue weighted by atomic mass is 16.4. The maximum atomic E-state index is 11.2. The van der Waals surface area contributed by atoms with Crippen molar-refractivity contribution in [3.8, 4) is 5.75 Å². The number of aliphatic carboxylic acids is 1. The number of hydrogen-bond donors (Lipinski definition) is 2. The molecule has 0 saturated carbocycles. The molecule has 116 valence electrons. The molecule has 1 heterocycles. The standard InChI is InChI=1S/C17H20N2O3/c1-2-11-19(12-16(21)22)17(14-8-5-6-10-18-14)13-7-3-4-9-15(13)20/h3-10,17,20H,2,11-12H2,1H3,(H,21,22)/t17-/m0/s1. The van der Waals surface area contributed by atoms with Crippen molar-refractivity contribution in [1.29, 1.82) is 0 Å². The van der Waals surface area contributed by atoms with Gasteiger partial charge in [-0.1, -0.05) is 31.2 Å². The third-order valence-electron chi connectivity index (χ3n) is 3.41. The molecule has 1 atom stereocenters. The minimum atomic E-state index is -0.898. The van der Waals surface area contributed by atoms with Gasteiger partial charge in [-0.3, -0.25) is 14.7 Å². The lowest BCUT2D eigenvalue weighted by Crippen LogP contribution is -2.35. The maximum Gasteiger partial charge on any atom is 0.317 e. The molecule has 5 heteroatoms. The van der Waals surface area contributed by atoms with Crippen molar-refractivity contribution < 1.29 is 15.0 Å². The first-order valence-electron chi connectivity index (χ1n) is 7.28. The quantitative estimate of drug-likeness (QED) is 0.822. The van der Waals surface area contributed by atoms with E-state index in [0.717, 1.165) is 12.1 Å². The number of aromatic nitrogens is 1. The zero-order valence-corrected chi connectivity index (χ0v) is 12.5. The Morgan fingerprint density at radius 1 is 1.23 bits per heavy atom. The maximum absolute atomic E-state index is 11.2. The molecule has 1 aromatic heterocycles. The number of rotatable bonds is 7. The average molecular weight is 300 g/mol. The van der Waals surface area contributed by atoms with E-state index in [1.807, 2.05) is 36.1 Å². The van der Waals surface area contributed by atoms with Crippen molar-refractivity contribution in [3.05, 3.63) is 59.9 Å². The van der Waals surface area contributed by atoms with Crippen molar-refractivity contribution in [2.75, 3.05) is 13.1 Å². The van der Waals surface area contributed by atoms with Gasteiger partial charge in [-0.25, -0.2) is 0 Å². The lowest BCUT2D eigenvalue weighted by Gasteiger charge is -2.30. The molecule has 0 unspecified atom stereocenters. The molecule has 2 N–H and O–H groups in total. The zero-order chi connectivity index (χ0) is 15.9. The van der Waals surface area contributed by atoms with Crippen LogP contribution in [0.15, 0.2) is 48.7 Å². The highest BCUT2D eigenvalue weighted by Gasteiger charge is 2.26. The Morgan fingerprint density at radius 2 is 1.95 bits per heavy atom. The number of nitrogens with zero attached hydrogens (tertiary/aromatic N) is 2. The van der Waals surface area contributed by atoms with E-state index in [1.165, 1.54) is 0 Å². The summed E-state index contributed by atoms with van der Waals surface area (Å²) in [6.07, 6.45) is 2.48. The summed E-state index contributed by atoms with van der Waals surface area (Å²) in [5.41, 5.74) is 1.38. The van der Waals surface area contributed by atoms with E-state index in [0.29, 0.717) is 12.1 Å². The summed E-state index contributed by atoms with van der Waals surface area (Å²) in [5, 5.41) is 19.4. The van der Waals surface area contributed by atoms with E-state index in [4.69, 9.17) is 0 Å². The van der Waals surface area contributed by atoms with Crippen LogP contribution in [0.3, 0.4) is 0 Å². The van der Waals surface area contributed by atoms with Crippen molar-refractivity contribution in [2.45, 2.75) is 19.4 Å². The molecule has 0 aliphatic carbocycles. The van der Waals surface area contributed by atoms with Crippen LogP contribution in [0.4, 0.5) is 0 Å². The van der Waals surface area contributed by atoms with Crippen molar-refractivity contribution in [2.24, 2.45) is 0 Å². The predicted octanol–water partition coefficient (Wildman–Crippen LogP) is 2.67. The molecule has 2 rings (SSSR count). The fraction of sp³-hybridized carbons (Fsp3) is 0.294. The molecule has 0 bridgehead atoms. The van der Waals surface area contributed by atoms with Crippen LogP contribution < -0.4 is 0 Å². The second kappa shape index (κ2) is 7.56. The topological polar surface area (TPSA) is 73.7 Å². The monoisotopic (exact) mass is 300 g/mol. The summed E-state index contributed by atoms with van der Waals surface area (Å²) in [5.74, 6) is -0.755. The lowest BCUT2D eigenvalue weighted by atomic mass is 9.99. The van der Waals surface area contributed by atoms with Gasteiger partial charge in [0.2, 0.25) is 0 Å². The normalized spacial score (nSPS) is 12.3. The van der Waals surface area contributed by atoms with E-state index in [1.54, 1.807) is 24.4 Å². The molecule has 0 aliphatic heterocycles.